The molecule has 1 aromatic carbocycles. The molecule has 1 heterocycles. The number of nitrogens with two attached hydrogens (primary N) is 1. The Labute approximate surface area is 113 Å². The van der Waals surface area contributed by atoms with Gasteiger partial charge in [-0.3, -0.25) is 0 Å². The minimum atomic E-state index is -4.59. The van der Waals surface area contributed by atoms with Crippen LogP contribution in [0.25, 0.3) is 0 Å². The number of anilines is 1. The highest BCUT2D eigenvalue weighted by molar-refractivity contribution is 5.99. The average Bonchev–Trinajstić information content (AvgIpc) is 2.82. The van der Waals surface area contributed by atoms with Crippen LogP contribution in [0.2, 0.25) is 0 Å². The molecule has 5 nitrogen and oxygen atoms in total. The smallest absolute Gasteiger partial charge is 0.409 e. The highest BCUT2D eigenvalue weighted by atomic mass is 19.4. The quantitative estimate of drug-likeness (QED) is 0.332. The van der Waals surface area contributed by atoms with Gasteiger partial charge in [-0.05, 0) is 24.6 Å². The van der Waals surface area contributed by atoms with Crippen LogP contribution in [0.3, 0.4) is 0 Å². The highest BCUT2D eigenvalue weighted by Gasteiger charge is 2.35. The number of aliphatic hydroxyl groups excluding tert-OH is 1. The first-order chi connectivity index (χ1) is 9.32. The molecular formula is C12H14F3N3O2. The van der Waals surface area contributed by atoms with Gasteiger partial charge in [-0.15, -0.1) is 0 Å². The Hall–Kier alpha value is -1.96. The van der Waals surface area contributed by atoms with Gasteiger partial charge in [0.2, 0.25) is 0 Å². The van der Waals surface area contributed by atoms with E-state index < -0.39 is 23.7 Å². The summed E-state index contributed by atoms with van der Waals surface area (Å²) < 4.78 is 38.6. The second-order valence-electron chi connectivity index (χ2n) is 4.60. The minimum absolute atomic E-state index is 0.348. The minimum Gasteiger partial charge on any atom is -0.409 e. The molecule has 0 spiro atoms. The predicted molar refractivity (Wildman–Crippen MR) is 66.8 cm³/mol. The van der Waals surface area contributed by atoms with Crippen LogP contribution in [-0.4, -0.2) is 35.3 Å². The fraction of sp³-hybridized carbons (Fsp3) is 0.417. The van der Waals surface area contributed by atoms with E-state index >= 15 is 0 Å². The third-order valence-electron chi connectivity index (χ3n) is 3.22. The Kier molecular flexibility index (Phi) is 3.76. The molecule has 0 saturated carbocycles. The maximum atomic E-state index is 12.9. The van der Waals surface area contributed by atoms with Gasteiger partial charge in [0, 0.05) is 24.3 Å². The molecule has 2 rings (SSSR count). The standard InChI is InChI=1S/C12H14F3N3O2/c13-12(14,15)10-2-1-7(5-9(10)11(16)17-20)18-4-3-8(19)6-18/h1-2,5,8,19-20H,3-4,6H2,(H2,16,17)/t8-/m0/s1. The molecule has 1 aliphatic rings. The van der Waals surface area contributed by atoms with Crippen molar-refractivity contribution in [2.24, 2.45) is 10.9 Å². The van der Waals surface area contributed by atoms with Crippen LogP contribution in [0, 0.1) is 0 Å². The van der Waals surface area contributed by atoms with E-state index in [9.17, 15) is 18.3 Å². The van der Waals surface area contributed by atoms with Crippen molar-refractivity contribution in [3.8, 4) is 0 Å². The summed E-state index contributed by atoms with van der Waals surface area (Å²) in [6, 6.07) is 3.43. The maximum absolute atomic E-state index is 12.9. The summed E-state index contributed by atoms with van der Waals surface area (Å²) in [5.41, 5.74) is 4.48. The van der Waals surface area contributed by atoms with Crippen LogP contribution < -0.4 is 10.6 Å². The Balaban J connectivity index is 2.44. The first-order valence-electron chi connectivity index (χ1n) is 5.95. The van der Waals surface area contributed by atoms with Crippen molar-refractivity contribution in [3.05, 3.63) is 29.3 Å². The topological polar surface area (TPSA) is 82.1 Å². The van der Waals surface area contributed by atoms with Crippen molar-refractivity contribution in [2.75, 3.05) is 18.0 Å². The number of amidine groups is 1. The largest absolute Gasteiger partial charge is 0.417 e. The lowest BCUT2D eigenvalue weighted by Gasteiger charge is -2.20. The Morgan fingerprint density at radius 1 is 1.40 bits per heavy atom. The molecule has 1 saturated heterocycles. The van der Waals surface area contributed by atoms with Gasteiger partial charge in [0.25, 0.3) is 0 Å². The number of oxime groups is 1. The maximum Gasteiger partial charge on any atom is 0.417 e. The molecule has 4 N–H and O–H groups in total. The molecule has 0 amide bonds. The molecule has 0 aliphatic carbocycles. The van der Waals surface area contributed by atoms with Gasteiger partial charge in [0.1, 0.15) is 0 Å². The summed E-state index contributed by atoms with van der Waals surface area (Å²) >= 11 is 0. The summed E-state index contributed by atoms with van der Waals surface area (Å²) in [7, 11) is 0. The Morgan fingerprint density at radius 3 is 2.60 bits per heavy atom. The molecule has 20 heavy (non-hydrogen) atoms. The molecule has 0 radical (unpaired) electrons. The molecule has 0 bridgehead atoms. The Bertz CT molecular complexity index is 531. The van der Waals surface area contributed by atoms with Crippen molar-refractivity contribution in [2.45, 2.75) is 18.7 Å². The van der Waals surface area contributed by atoms with Crippen molar-refractivity contribution >= 4 is 11.5 Å². The van der Waals surface area contributed by atoms with E-state index in [2.05, 4.69) is 5.16 Å². The van der Waals surface area contributed by atoms with Crippen LogP contribution in [0.15, 0.2) is 23.4 Å². The zero-order valence-electron chi connectivity index (χ0n) is 10.4. The lowest BCUT2D eigenvalue weighted by atomic mass is 10.0. The second-order valence-corrected chi connectivity index (χ2v) is 4.60. The van der Waals surface area contributed by atoms with Crippen molar-refractivity contribution in [1.82, 2.24) is 0 Å². The average molecular weight is 289 g/mol. The summed E-state index contributed by atoms with van der Waals surface area (Å²) in [6.07, 6.45) is -4.53. The monoisotopic (exact) mass is 289 g/mol. The number of benzene rings is 1. The molecule has 0 aromatic heterocycles. The normalized spacial score (nSPS) is 20.5. The van der Waals surface area contributed by atoms with E-state index in [1.165, 1.54) is 12.1 Å². The molecule has 8 heteroatoms. The van der Waals surface area contributed by atoms with E-state index in [-0.39, 0.29) is 5.56 Å². The molecule has 110 valence electrons. The SMILES string of the molecule is N/C(=N/O)c1cc(N2CC[C@H](O)C2)ccc1C(F)(F)F. The summed E-state index contributed by atoms with van der Waals surface area (Å²) in [4.78, 5) is 1.75. The van der Waals surface area contributed by atoms with Crippen molar-refractivity contribution in [1.29, 1.82) is 0 Å². The number of halogens is 3. The van der Waals surface area contributed by atoms with Crippen LogP contribution in [0.5, 0.6) is 0 Å². The van der Waals surface area contributed by atoms with E-state index in [1.54, 1.807) is 4.90 Å². The highest BCUT2D eigenvalue weighted by Crippen LogP contribution is 2.34. The van der Waals surface area contributed by atoms with Gasteiger partial charge in [-0.1, -0.05) is 5.16 Å². The molecule has 0 unspecified atom stereocenters. The molecule has 1 fully saturated rings. The summed E-state index contributed by atoms with van der Waals surface area (Å²) in [5, 5.41) is 20.7. The van der Waals surface area contributed by atoms with Gasteiger partial charge in [0.15, 0.2) is 5.84 Å². The predicted octanol–water partition coefficient (Wildman–Crippen LogP) is 1.37. The fourth-order valence-electron chi connectivity index (χ4n) is 2.22. The number of nitrogens with zero attached hydrogens (tertiary/aromatic N) is 2. The van der Waals surface area contributed by atoms with E-state index in [1.807, 2.05) is 0 Å². The van der Waals surface area contributed by atoms with E-state index in [4.69, 9.17) is 10.9 Å². The van der Waals surface area contributed by atoms with Crippen LogP contribution in [0.4, 0.5) is 18.9 Å². The van der Waals surface area contributed by atoms with Gasteiger partial charge in [0.05, 0.1) is 11.7 Å². The van der Waals surface area contributed by atoms with Gasteiger partial charge in [-0.2, -0.15) is 13.2 Å². The summed E-state index contributed by atoms with van der Waals surface area (Å²) in [6.45, 7) is 0.892. The molecular weight excluding hydrogens is 275 g/mol. The zero-order chi connectivity index (χ0) is 14.9. The molecule has 1 aliphatic heterocycles. The zero-order valence-corrected chi connectivity index (χ0v) is 10.4. The number of β-amino-alcohol motifs (C(OH)–C–C–N with tert-alkyl or cyclic N) is 1. The van der Waals surface area contributed by atoms with Crippen LogP contribution in [-0.2, 0) is 6.18 Å². The van der Waals surface area contributed by atoms with Gasteiger partial charge >= 0.3 is 6.18 Å². The van der Waals surface area contributed by atoms with Gasteiger partial charge < -0.3 is 20.9 Å². The van der Waals surface area contributed by atoms with Crippen LogP contribution >= 0.6 is 0 Å². The van der Waals surface area contributed by atoms with Gasteiger partial charge in [-0.25, -0.2) is 0 Å². The summed E-state index contributed by atoms with van der Waals surface area (Å²) in [5.74, 6) is -0.598. The number of hydrogen-bond donors (Lipinski definition) is 3. The number of rotatable bonds is 2. The lowest BCUT2D eigenvalue weighted by molar-refractivity contribution is -0.137. The third kappa shape index (κ3) is 2.79. The van der Waals surface area contributed by atoms with E-state index in [0.717, 1.165) is 6.07 Å². The second kappa shape index (κ2) is 5.20. The first kappa shape index (κ1) is 14.4. The Morgan fingerprint density at radius 2 is 2.10 bits per heavy atom. The van der Waals surface area contributed by atoms with E-state index in [0.29, 0.717) is 25.2 Å². The lowest BCUT2D eigenvalue weighted by Crippen LogP contribution is -2.24. The first-order valence-corrected chi connectivity index (χ1v) is 5.95. The van der Waals surface area contributed by atoms with Crippen molar-refractivity contribution < 1.29 is 23.5 Å². The number of hydrogen-bond acceptors (Lipinski definition) is 4. The van der Waals surface area contributed by atoms with Crippen molar-refractivity contribution in [3.63, 3.8) is 0 Å². The number of aliphatic hydroxyl groups is 1. The number of alkyl halides is 3. The van der Waals surface area contributed by atoms with Crippen LogP contribution in [0.1, 0.15) is 17.5 Å². The molecule has 1 atom stereocenters. The fourth-order valence-corrected chi connectivity index (χ4v) is 2.22. The third-order valence-corrected chi connectivity index (χ3v) is 3.22. The molecule has 1 aromatic rings.